The maximum Gasteiger partial charge on any atom is 0.274 e. The van der Waals surface area contributed by atoms with E-state index < -0.39 is 5.82 Å². The highest BCUT2D eigenvalue weighted by molar-refractivity contribution is 6.07. The predicted octanol–water partition coefficient (Wildman–Crippen LogP) is 4.86. The number of ether oxygens (including phenoxy) is 1. The first-order chi connectivity index (χ1) is 24.0. The smallest absolute Gasteiger partial charge is 0.274 e. The lowest BCUT2D eigenvalue weighted by Gasteiger charge is -2.43. The second-order valence-corrected chi connectivity index (χ2v) is 13.5. The fraction of sp³-hybridized carbons (Fsp3) is 0.378. The molecule has 0 unspecified atom stereocenters. The van der Waals surface area contributed by atoms with E-state index in [9.17, 15) is 9.90 Å². The van der Waals surface area contributed by atoms with Gasteiger partial charge in [0.2, 0.25) is 0 Å². The Bertz CT molecular complexity index is 2040. The number of piperazine rings is 1. The van der Waals surface area contributed by atoms with Crippen molar-refractivity contribution in [1.82, 2.24) is 24.4 Å². The van der Waals surface area contributed by atoms with Gasteiger partial charge in [0.15, 0.2) is 0 Å². The number of amides is 1. The summed E-state index contributed by atoms with van der Waals surface area (Å²) in [6, 6.07) is 13.2. The summed E-state index contributed by atoms with van der Waals surface area (Å²) in [5.41, 5.74) is 8.46. The van der Waals surface area contributed by atoms with E-state index in [4.69, 9.17) is 9.72 Å². The number of nitrogens with zero attached hydrogens (tertiary/aromatic N) is 6. The molecule has 3 aliphatic heterocycles. The zero-order valence-electron chi connectivity index (χ0n) is 27.3. The molecule has 0 bridgehead atoms. The van der Waals surface area contributed by atoms with Gasteiger partial charge in [-0.25, -0.2) is 14.4 Å². The highest BCUT2D eigenvalue weighted by Crippen LogP contribution is 2.39. The number of aromatic amines is 1. The van der Waals surface area contributed by atoms with Gasteiger partial charge in [0.05, 0.1) is 61.0 Å². The average Bonchev–Trinajstić information content (AvgIpc) is 3.74. The SMILES string of the molecule is O=C1c2cc3c(n2CCN1c1cc(F)cc(-c2cc(Nc4ccc(N5CCN(C6COC6)CC5)cn4)c4nc[nH]c4c2)c1CO)CCCC3. The molecule has 0 radical (unpaired) electrons. The van der Waals surface area contributed by atoms with Crippen molar-refractivity contribution in [1.29, 1.82) is 0 Å². The molecule has 0 spiro atoms. The van der Waals surface area contributed by atoms with Crippen LogP contribution in [-0.2, 0) is 30.7 Å². The number of carbonyl (C=O) groups excluding carboxylic acids is 1. The topological polar surface area (TPSA) is 115 Å². The molecule has 1 aliphatic carbocycles. The van der Waals surface area contributed by atoms with Crippen LogP contribution in [0.3, 0.4) is 0 Å². The van der Waals surface area contributed by atoms with Crippen LogP contribution in [0.2, 0.25) is 0 Å². The average molecular weight is 663 g/mol. The highest BCUT2D eigenvalue weighted by atomic mass is 19.1. The van der Waals surface area contributed by atoms with E-state index in [0.29, 0.717) is 64.2 Å². The molecule has 4 aliphatic rings. The minimum absolute atomic E-state index is 0.164. The Morgan fingerprint density at radius 2 is 1.84 bits per heavy atom. The summed E-state index contributed by atoms with van der Waals surface area (Å²) >= 11 is 0. The molecule has 252 valence electrons. The number of H-pyrrole nitrogens is 1. The monoisotopic (exact) mass is 662 g/mol. The molecule has 0 atom stereocenters. The third-order valence-electron chi connectivity index (χ3n) is 10.7. The summed E-state index contributed by atoms with van der Waals surface area (Å²) in [6.45, 7) is 6.27. The first-order valence-corrected chi connectivity index (χ1v) is 17.3. The number of nitrogens with one attached hydrogen (secondary N) is 2. The van der Waals surface area contributed by atoms with Crippen LogP contribution in [0.4, 0.5) is 27.3 Å². The summed E-state index contributed by atoms with van der Waals surface area (Å²) in [4.78, 5) is 32.8. The quantitative estimate of drug-likeness (QED) is 0.227. The van der Waals surface area contributed by atoms with E-state index in [1.165, 1.54) is 23.4 Å². The lowest BCUT2D eigenvalue weighted by atomic mass is 9.96. The molecule has 12 heteroatoms. The second-order valence-electron chi connectivity index (χ2n) is 13.5. The van der Waals surface area contributed by atoms with E-state index in [1.807, 2.05) is 30.5 Å². The van der Waals surface area contributed by atoms with E-state index >= 15 is 4.39 Å². The van der Waals surface area contributed by atoms with Crippen LogP contribution in [0.15, 0.2) is 55.0 Å². The normalized spacial score (nSPS) is 18.4. The minimum Gasteiger partial charge on any atom is -0.392 e. The molecule has 6 heterocycles. The van der Waals surface area contributed by atoms with E-state index in [2.05, 4.69) is 35.7 Å². The van der Waals surface area contributed by atoms with Crippen molar-refractivity contribution in [2.75, 3.05) is 61.1 Å². The number of aliphatic hydroxyl groups is 1. The summed E-state index contributed by atoms with van der Waals surface area (Å²) < 4.78 is 23.0. The van der Waals surface area contributed by atoms with Gasteiger partial charge in [-0.1, -0.05) is 0 Å². The van der Waals surface area contributed by atoms with Gasteiger partial charge in [0, 0.05) is 50.5 Å². The molecule has 1 amide bonds. The number of hydrogen-bond acceptors (Lipinski definition) is 8. The number of fused-ring (bicyclic) bond motifs is 4. The van der Waals surface area contributed by atoms with Crippen molar-refractivity contribution in [3.63, 3.8) is 0 Å². The van der Waals surface area contributed by atoms with Crippen molar-refractivity contribution >= 4 is 39.8 Å². The predicted molar refractivity (Wildman–Crippen MR) is 186 cm³/mol. The van der Waals surface area contributed by atoms with Gasteiger partial charge in [0.1, 0.15) is 22.8 Å². The number of imidazole rings is 1. The Morgan fingerprint density at radius 3 is 2.61 bits per heavy atom. The van der Waals surface area contributed by atoms with Gasteiger partial charge < -0.3 is 34.5 Å². The third kappa shape index (κ3) is 5.34. The maximum atomic E-state index is 15.5. The van der Waals surface area contributed by atoms with Crippen molar-refractivity contribution in [3.8, 4) is 11.1 Å². The summed E-state index contributed by atoms with van der Waals surface area (Å²) in [5.74, 6) is 0.0126. The molecule has 2 aromatic carbocycles. The Hall–Kier alpha value is -4.78. The Balaban J connectivity index is 1.01. The molecule has 11 nitrogen and oxygen atoms in total. The largest absolute Gasteiger partial charge is 0.392 e. The van der Waals surface area contributed by atoms with Crippen molar-refractivity contribution in [2.45, 2.75) is 44.9 Å². The molecule has 49 heavy (non-hydrogen) atoms. The molecule has 9 rings (SSSR count). The Kier molecular flexibility index (Phi) is 7.59. The van der Waals surface area contributed by atoms with Gasteiger partial charge >= 0.3 is 0 Å². The number of rotatable bonds is 7. The first kappa shape index (κ1) is 30.3. The number of hydrogen-bond donors (Lipinski definition) is 3. The van der Waals surface area contributed by atoms with E-state index in [-0.39, 0.29) is 12.5 Å². The maximum absolute atomic E-state index is 15.5. The molecular weight excluding hydrogens is 623 g/mol. The number of aryl methyl sites for hydroxylation is 1. The number of benzene rings is 2. The molecule has 3 aromatic heterocycles. The number of aliphatic hydroxyl groups excluding tert-OH is 1. The fourth-order valence-electron chi connectivity index (χ4n) is 8.02. The van der Waals surface area contributed by atoms with Gasteiger partial charge in [0.25, 0.3) is 5.91 Å². The minimum atomic E-state index is -0.478. The van der Waals surface area contributed by atoms with Crippen LogP contribution in [0.5, 0.6) is 0 Å². The summed E-state index contributed by atoms with van der Waals surface area (Å²) in [7, 11) is 0. The summed E-state index contributed by atoms with van der Waals surface area (Å²) in [5, 5.41) is 14.2. The number of aromatic nitrogens is 4. The summed E-state index contributed by atoms with van der Waals surface area (Å²) in [6.07, 6.45) is 7.73. The van der Waals surface area contributed by atoms with Gasteiger partial charge in [-0.05, 0) is 84.8 Å². The second kappa shape index (κ2) is 12.3. The number of anilines is 4. The van der Waals surface area contributed by atoms with Crippen LogP contribution in [0, 0.1) is 5.82 Å². The number of halogens is 1. The third-order valence-corrected chi connectivity index (χ3v) is 10.7. The van der Waals surface area contributed by atoms with Crippen molar-refractivity contribution in [2.24, 2.45) is 0 Å². The number of carbonyl (C=O) groups is 1. The van der Waals surface area contributed by atoms with E-state index in [0.717, 1.165) is 76.3 Å². The van der Waals surface area contributed by atoms with Gasteiger partial charge in [-0.3, -0.25) is 9.69 Å². The van der Waals surface area contributed by atoms with E-state index in [1.54, 1.807) is 11.2 Å². The van der Waals surface area contributed by atoms with Crippen molar-refractivity contribution < 1.29 is 19.0 Å². The highest BCUT2D eigenvalue weighted by Gasteiger charge is 2.32. The molecule has 2 saturated heterocycles. The Labute approximate surface area is 283 Å². The fourth-order valence-corrected chi connectivity index (χ4v) is 8.02. The molecule has 5 aromatic rings. The molecule has 2 fully saturated rings. The standard InChI is InChI=1S/C37H39FN8O3/c38-25-16-28(29(19-47)33(17-25)46-12-11-45-32-4-2-1-3-23(32)15-34(45)37(46)48)24-13-30-36(41-22-40-30)31(14-24)42-35-6-5-26(18-39-35)43-7-9-44(10-8-43)27-20-49-21-27/h5-6,13-18,22,27,47H,1-4,7-12,19-21H2,(H,39,42)(H,40,41). The van der Waals surface area contributed by atoms with Gasteiger partial charge in [-0.15, -0.1) is 0 Å². The lowest BCUT2D eigenvalue weighted by molar-refractivity contribution is -0.0660. The molecule has 3 N–H and O–H groups in total. The van der Waals surface area contributed by atoms with Crippen molar-refractivity contribution in [3.05, 3.63) is 83.3 Å². The first-order valence-electron chi connectivity index (χ1n) is 17.3. The van der Waals surface area contributed by atoms with Crippen LogP contribution in [0.1, 0.15) is 40.2 Å². The molecule has 0 saturated carbocycles. The van der Waals surface area contributed by atoms with Gasteiger partial charge in [-0.2, -0.15) is 0 Å². The zero-order chi connectivity index (χ0) is 33.1. The number of pyridine rings is 1. The lowest BCUT2D eigenvalue weighted by Crippen LogP contribution is -2.56. The zero-order valence-corrected chi connectivity index (χ0v) is 27.3. The van der Waals surface area contributed by atoms with Crippen LogP contribution >= 0.6 is 0 Å². The van der Waals surface area contributed by atoms with Crippen LogP contribution in [-0.4, -0.2) is 87.4 Å². The van der Waals surface area contributed by atoms with Crippen LogP contribution < -0.4 is 15.1 Å². The Morgan fingerprint density at radius 1 is 0.980 bits per heavy atom. The molecular formula is C37H39FN8O3. The van der Waals surface area contributed by atoms with Crippen LogP contribution in [0.25, 0.3) is 22.2 Å².